The van der Waals surface area contributed by atoms with Gasteiger partial charge in [0.25, 0.3) is 0 Å². The summed E-state index contributed by atoms with van der Waals surface area (Å²) in [5.74, 6) is -1.87. The molecular formula is C14H17F3N2O5S. The number of sulfonamides is 1. The largest absolute Gasteiger partial charge is 0.480 e. The fraction of sp³-hybridized carbons (Fsp3) is 0.429. The maximum Gasteiger partial charge on any atom is 0.416 e. The van der Waals surface area contributed by atoms with E-state index in [4.69, 9.17) is 5.11 Å². The van der Waals surface area contributed by atoms with Crippen molar-refractivity contribution in [2.45, 2.75) is 31.0 Å². The zero-order chi connectivity index (χ0) is 19.4. The molecule has 1 rings (SSSR count). The Bertz CT molecular complexity index is 732. The summed E-state index contributed by atoms with van der Waals surface area (Å²) in [7, 11) is -4.37. The van der Waals surface area contributed by atoms with E-state index in [0.29, 0.717) is 16.4 Å². The van der Waals surface area contributed by atoms with Gasteiger partial charge in [-0.25, -0.2) is 8.42 Å². The Morgan fingerprint density at radius 2 is 1.76 bits per heavy atom. The second-order valence-electron chi connectivity index (χ2n) is 5.14. The van der Waals surface area contributed by atoms with Crippen molar-refractivity contribution in [3.8, 4) is 0 Å². The Kier molecular flexibility index (Phi) is 6.54. The van der Waals surface area contributed by atoms with Gasteiger partial charge < -0.3 is 10.4 Å². The molecule has 25 heavy (non-hydrogen) atoms. The molecule has 0 aliphatic rings. The van der Waals surface area contributed by atoms with Crippen LogP contribution in [0.15, 0.2) is 29.2 Å². The fourth-order valence-corrected chi connectivity index (χ4v) is 3.53. The highest BCUT2D eigenvalue weighted by molar-refractivity contribution is 7.89. The van der Waals surface area contributed by atoms with Crippen LogP contribution < -0.4 is 5.32 Å². The number of amides is 1. The van der Waals surface area contributed by atoms with Crippen molar-refractivity contribution in [1.29, 1.82) is 0 Å². The molecule has 0 aliphatic heterocycles. The van der Waals surface area contributed by atoms with Crippen molar-refractivity contribution in [3.63, 3.8) is 0 Å². The first-order valence-electron chi connectivity index (χ1n) is 7.03. The molecule has 1 unspecified atom stereocenters. The van der Waals surface area contributed by atoms with E-state index in [1.54, 1.807) is 0 Å². The first-order chi connectivity index (χ1) is 11.4. The van der Waals surface area contributed by atoms with Crippen LogP contribution in [0, 0.1) is 0 Å². The quantitative estimate of drug-likeness (QED) is 0.740. The van der Waals surface area contributed by atoms with Gasteiger partial charge in [0.1, 0.15) is 6.04 Å². The van der Waals surface area contributed by atoms with E-state index < -0.39 is 44.6 Å². The highest BCUT2D eigenvalue weighted by Crippen LogP contribution is 2.30. The van der Waals surface area contributed by atoms with Crippen molar-refractivity contribution in [2.24, 2.45) is 0 Å². The monoisotopic (exact) mass is 382 g/mol. The minimum Gasteiger partial charge on any atom is -0.480 e. The Labute approximate surface area is 142 Å². The Balaban J connectivity index is 3.17. The molecule has 0 fully saturated rings. The van der Waals surface area contributed by atoms with Crippen LogP contribution in [0.25, 0.3) is 0 Å². The molecule has 0 heterocycles. The normalized spacial score (nSPS) is 13.5. The number of aliphatic carboxylic acids is 1. The molecule has 1 aromatic carbocycles. The number of carboxylic acid groups (broad SMARTS) is 1. The highest BCUT2D eigenvalue weighted by atomic mass is 32.2. The van der Waals surface area contributed by atoms with Crippen molar-refractivity contribution in [3.05, 3.63) is 29.8 Å². The summed E-state index contributed by atoms with van der Waals surface area (Å²) in [4.78, 5) is 21.6. The molecular weight excluding hydrogens is 365 g/mol. The van der Waals surface area contributed by atoms with Gasteiger partial charge in [0, 0.05) is 20.0 Å². The summed E-state index contributed by atoms with van der Waals surface area (Å²) >= 11 is 0. The van der Waals surface area contributed by atoms with E-state index in [9.17, 15) is 31.2 Å². The average molecular weight is 382 g/mol. The zero-order valence-electron chi connectivity index (χ0n) is 13.4. The number of carbonyl (C=O) groups is 2. The maximum absolute atomic E-state index is 12.6. The van der Waals surface area contributed by atoms with E-state index in [1.807, 2.05) is 0 Å². The van der Waals surface area contributed by atoms with Crippen molar-refractivity contribution in [1.82, 2.24) is 9.62 Å². The summed E-state index contributed by atoms with van der Waals surface area (Å²) < 4.78 is 63.5. The third-order valence-electron chi connectivity index (χ3n) is 3.28. The molecule has 140 valence electrons. The fourth-order valence-electron chi connectivity index (χ4n) is 1.94. The standard InChI is InChI=1S/C14H17F3N2O5S/c1-9(13(21)22)19(8-7-18-10(2)20)25(23,24)12-5-3-11(4-6-12)14(15,16)17/h3-6,9H,7-8H2,1-2H3,(H,18,20)(H,21,22). The lowest BCUT2D eigenvalue weighted by Gasteiger charge is -2.26. The van der Waals surface area contributed by atoms with Gasteiger partial charge in [-0.3, -0.25) is 9.59 Å². The van der Waals surface area contributed by atoms with Crippen LogP contribution in [0.3, 0.4) is 0 Å². The molecule has 0 radical (unpaired) electrons. The summed E-state index contributed by atoms with van der Waals surface area (Å²) in [6.07, 6.45) is -4.62. The second kappa shape index (κ2) is 7.83. The lowest BCUT2D eigenvalue weighted by molar-refractivity contribution is -0.141. The zero-order valence-corrected chi connectivity index (χ0v) is 14.2. The van der Waals surface area contributed by atoms with E-state index >= 15 is 0 Å². The van der Waals surface area contributed by atoms with Gasteiger partial charge in [-0.15, -0.1) is 0 Å². The van der Waals surface area contributed by atoms with Gasteiger partial charge in [0.15, 0.2) is 0 Å². The number of nitrogens with zero attached hydrogens (tertiary/aromatic N) is 1. The van der Waals surface area contributed by atoms with Gasteiger partial charge in [0.05, 0.1) is 10.5 Å². The lowest BCUT2D eigenvalue weighted by atomic mass is 10.2. The lowest BCUT2D eigenvalue weighted by Crippen LogP contribution is -2.46. The van der Waals surface area contributed by atoms with Gasteiger partial charge in [-0.05, 0) is 31.2 Å². The molecule has 0 saturated heterocycles. The third-order valence-corrected chi connectivity index (χ3v) is 5.27. The predicted octanol–water partition coefficient (Wildman–Crippen LogP) is 1.31. The number of carboxylic acids is 1. The number of alkyl halides is 3. The average Bonchev–Trinajstić information content (AvgIpc) is 2.49. The first-order valence-corrected chi connectivity index (χ1v) is 8.47. The number of carbonyl (C=O) groups excluding carboxylic acids is 1. The molecule has 11 heteroatoms. The summed E-state index contributed by atoms with van der Waals surface area (Å²) in [6, 6.07) is 1.26. The molecule has 0 saturated carbocycles. The predicted molar refractivity (Wildman–Crippen MR) is 81.1 cm³/mol. The number of benzene rings is 1. The number of hydrogen-bond acceptors (Lipinski definition) is 4. The SMILES string of the molecule is CC(=O)NCCN(C(C)C(=O)O)S(=O)(=O)c1ccc(C(F)(F)F)cc1. The number of rotatable bonds is 7. The number of nitrogens with one attached hydrogen (secondary N) is 1. The van der Waals surface area contributed by atoms with E-state index in [1.165, 1.54) is 6.92 Å². The Morgan fingerprint density at radius 1 is 1.24 bits per heavy atom. The Morgan fingerprint density at radius 3 is 2.16 bits per heavy atom. The minimum absolute atomic E-state index is 0.146. The van der Waals surface area contributed by atoms with Crippen LogP contribution in [-0.4, -0.2) is 48.8 Å². The van der Waals surface area contributed by atoms with Gasteiger partial charge in [-0.1, -0.05) is 0 Å². The van der Waals surface area contributed by atoms with Crippen LogP contribution in [0.1, 0.15) is 19.4 Å². The van der Waals surface area contributed by atoms with Gasteiger partial charge >= 0.3 is 12.1 Å². The van der Waals surface area contributed by atoms with Crippen molar-refractivity contribution >= 4 is 21.9 Å². The highest BCUT2D eigenvalue weighted by Gasteiger charge is 2.34. The van der Waals surface area contributed by atoms with E-state index in [-0.39, 0.29) is 13.1 Å². The Hall–Kier alpha value is -2.14. The topological polar surface area (TPSA) is 104 Å². The van der Waals surface area contributed by atoms with Crippen LogP contribution in [0.2, 0.25) is 0 Å². The number of halogens is 3. The van der Waals surface area contributed by atoms with Crippen LogP contribution in [0.5, 0.6) is 0 Å². The van der Waals surface area contributed by atoms with E-state index in [0.717, 1.165) is 19.1 Å². The molecule has 0 bridgehead atoms. The van der Waals surface area contributed by atoms with Crippen molar-refractivity contribution in [2.75, 3.05) is 13.1 Å². The third kappa shape index (κ3) is 5.43. The molecule has 0 aliphatic carbocycles. The summed E-state index contributed by atoms with van der Waals surface area (Å²) in [5.41, 5.74) is -1.03. The van der Waals surface area contributed by atoms with Crippen LogP contribution >= 0.6 is 0 Å². The van der Waals surface area contributed by atoms with E-state index in [2.05, 4.69) is 5.32 Å². The molecule has 7 nitrogen and oxygen atoms in total. The smallest absolute Gasteiger partial charge is 0.416 e. The van der Waals surface area contributed by atoms with Gasteiger partial charge in [0.2, 0.25) is 15.9 Å². The molecule has 1 amide bonds. The number of hydrogen-bond donors (Lipinski definition) is 2. The van der Waals surface area contributed by atoms with Crippen LogP contribution in [-0.2, 0) is 25.8 Å². The minimum atomic E-state index is -4.62. The van der Waals surface area contributed by atoms with Crippen molar-refractivity contribution < 1.29 is 36.3 Å². The van der Waals surface area contributed by atoms with Gasteiger partial charge in [-0.2, -0.15) is 17.5 Å². The summed E-state index contributed by atoms with van der Waals surface area (Å²) in [5, 5.41) is 11.4. The molecule has 0 spiro atoms. The second-order valence-corrected chi connectivity index (χ2v) is 7.03. The molecule has 2 N–H and O–H groups in total. The maximum atomic E-state index is 12.6. The van der Waals surface area contributed by atoms with Crippen LogP contribution in [0.4, 0.5) is 13.2 Å². The first kappa shape index (κ1) is 20.9. The molecule has 0 aromatic heterocycles. The molecule has 1 aromatic rings. The molecule has 1 atom stereocenters. The summed E-state index contributed by atoms with van der Waals surface area (Å²) in [6.45, 7) is 1.83.